The highest BCUT2D eigenvalue weighted by Crippen LogP contribution is 2.54. The third-order valence-electron chi connectivity index (χ3n) is 5.87. The third kappa shape index (κ3) is 3.01. The molecule has 5 rings (SSSR count). The number of hydrogen-bond donors (Lipinski definition) is 0. The van der Waals surface area contributed by atoms with Crippen molar-refractivity contribution in [1.29, 1.82) is 0 Å². The first kappa shape index (κ1) is 18.3. The molecule has 0 bridgehead atoms. The number of carbonyl (C=O) groups is 2. The van der Waals surface area contributed by atoms with Crippen LogP contribution >= 0.6 is 11.8 Å². The van der Waals surface area contributed by atoms with E-state index in [0.717, 1.165) is 28.3 Å². The maximum Gasteiger partial charge on any atom is 0.330 e. The highest BCUT2D eigenvalue weighted by atomic mass is 32.2. The fourth-order valence-electron chi connectivity index (χ4n) is 4.48. The van der Waals surface area contributed by atoms with E-state index < -0.39 is 10.9 Å². The SMILES string of the molecule is O=C(OCc1cccc2ccccc12)[C@@H]1CS[C@]2(c3ccccc3)CCC(=O)N12. The summed E-state index contributed by atoms with van der Waals surface area (Å²) < 4.78 is 5.71. The van der Waals surface area contributed by atoms with Crippen molar-refractivity contribution >= 4 is 34.4 Å². The number of hydrogen-bond acceptors (Lipinski definition) is 4. The summed E-state index contributed by atoms with van der Waals surface area (Å²) in [5.74, 6) is 0.277. The van der Waals surface area contributed by atoms with Gasteiger partial charge in [0.05, 0.1) is 0 Å². The molecule has 2 aliphatic heterocycles. The molecule has 2 heterocycles. The van der Waals surface area contributed by atoms with Crippen LogP contribution in [0.25, 0.3) is 10.8 Å². The molecule has 29 heavy (non-hydrogen) atoms. The van der Waals surface area contributed by atoms with Crippen LogP contribution in [0.1, 0.15) is 24.0 Å². The molecular formula is C24H21NO3S. The van der Waals surface area contributed by atoms with Crippen LogP contribution in [0.5, 0.6) is 0 Å². The number of carbonyl (C=O) groups excluding carboxylic acids is 2. The van der Waals surface area contributed by atoms with E-state index in [1.54, 1.807) is 16.7 Å². The van der Waals surface area contributed by atoms with E-state index in [0.29, 0.717) is 12.2 Å². The zero-order chi connectivity index (χ0) is 19.8. The zero-order valence-corrected chi connectivity index (χ0v) is 16.7. The van der Waals surface area contributed by atoms with Gasteiger partial charge in [-0.3, -0.25) is 4.79 Å². The van der Waals surface area contributed by atoms with E-state index in [1.165, 1.54) is 0 Å². The van der Waals surface area contributed by atoms with Gasteiger partial charge in [0.2, 0.25) is 5.91 Å². The molecule has 0 aromatic heterocycles. The van der Waals surface area contributed by atoms with E-state index in [2.05, 4.69) is 0 Å². The van der Waals surface area contributed by atoms with Crippen LogP contribution < -0.4 is 0 Å². The van der Waals surface area contributed by atoms with Gasteiger partial charge in [-0.05, 0) is 28.3 Å². The quantitative estimate of drug-likeness (QED) is 0.603. The van der Waals surface area contributed by atoms with Gasteiger partial charge in [0, 0.05) is 12.2 Å². The van der Waals surface area contributed by atoms with Crippen molar-refractivity contribution < 1.29 is 14.3 Å². The maximum absolute atomic E-state index is 13.0. The molecule has 3 aromatic rings. The minimum absolute atomic E-state index is 0.0333. The first-order valence-electron chi connectivity index (χ1n) is 9.84. The summed E-state index contributed by atoms with van der Waals surface area (Å²) in [5.41, 5.74) is 2.06. The van der Waals surface area contributed by atoms with Crippen molar-refractivity contribution in [3.05, 3.63) is 83.9 Å². The number of nitrogens with zero attached hydrogens (tertiary/aromatic N) is 1. The van der Waals surface area contributed by atoms with E-state index in [9.17, 15) is 9.59 Å². The average molecular weight is 404 g/mol. The lowest BCUT2D eigenvalue weighted by atomic mass is 10.0. The van der Waals surface area contributed by atoms with Crippen molar-refractivity contribution in [2.24, 2.45) is 0 Å². The molecule has 5 heteroatoms. The predicted molar refractivity (Wildman–Crippen MR) is 114 cm³/mol. The highest BCUT2D eigenvalue weighted by molar-refractivity contribution is 8.00. The number of benzene rings is 3. The lowest BCUT2D eigenvalue weighted by molar-refractivity contribution is -0.155. The van der Waals surface area contributed by atoms with Crippen molar-refractivity contribution in [3.63, 3.8) is 0 Å². The molecule has 0 unspecified atom stereocenters. The monoisotopic (exact) mass is 403 g/mol. The molecule has 146 valence electrons. The summed E-state index contributed by atoms with van der Waals surface area (Å²) in [6.07, 6.45) is 1.20. The summed E-state index contributed by atoms with van der Waals surface area (Å²) in [6, 6.07) is 23.6. The molecule has 2 saturated heterocycles. The van der Waals surface area contributed by atoms with Gasteiger partial charge in [0.1, 0.15) is 17.5 Å². The molecule has 2 atom stereocenters. The Labute approximate surface area is 173 Å². The van der Waals surface area contributed by atoms with Crippen LogP contribution in [-0.2, 0) is 25.8 Å². The largest absolute Gasteiger partial charge is 0.459 e. The number of fused-ring (bicyclic) bond motifs is 2. The van der Waals surface area contributed by atoms with E-state index in [-0.39, 0.29) is 18.5 Å². The third-order valence-corrected chi connectivity index (χ3v) is 7.47. The minimum atomic E-state index is -0.537. The van der Waals surface area contributed by atoms with Gasteiger partial charge in [0.15, 0.2) is 0 Å². The second-order valence-electron chi connectivity index (χ2n) is 7.49. The predicted octanol–water partition coefficient (Wildman–Crippen LogP) is 4.47. The fourth-order valence-corrected chi connectivity index (χ4v) is 6.12. The molecule has 0 spiro atoms. The molecular weight excluding hydrogens is 382 g/mol. The Morgan fingerprint density at radius 2 is 1.79 bits per heavy atom. The fraction of sp³-hybridized carbons (Fsp3) is 0.250. The summed E-state index contributed by atoms with van der Waals surface area (Å²) in [5, 5.41) is 2.20. The molecule has 0 N–H and O–H groups in total. The minimum Gasteiger partial charge on any atom is -0.459 e. The standard InChI is InChI=1S/C24H21NO3S/c26-22-13-14-24(19-10-2-1-3-11-19)25(22)21(16-29-24)23(27)28-15-18-9-6-8-17-7-4-5-12-20(17)18/h1-12,21H,13-16H2/t21-,24-/m0/s1. The van der Waals surface area contributed by atoms with Crippen LogP contribution in [0.2, 0.25) is 0 Å². The van der Waals surface area contributed by atoms with Crippen molar-refractivity contribution in [2.45, 2.75) is 30.4 Å². The number of ether oxygens (including phenoxy) is 1. The highest BCUT2D eigenvalue weighted by Gasteiger charge is 2.57. The van der Waals surface area contributed by atoms with Crippen molar-refractivity contribution in [2.75, 3.05) is 5.75 Å². The Morgan fingerprint density at radius 3 is 2.66 bits per heavy atom. The van der Waals surface area contributed by atoms with Gasteiger partial charge in [-0.1, -0.05) is 72.8 Å². The van der Waals surface area contributed by atoms with E-state index in [1.807, 2.05) is 72.8 Å². The van der Waals surface area contributed by atoms with Crippen LogP contribution in [0, 0.1) is 0 Å². The second-order valence-corrected chi connectivity index (χ2v) is 8.78. The van der Waals surface area contributed by atoms with Crippen LogP contribution in [0.4, 0.5) is 0 Å². The number of rotatable bonds is 4. The van der Waals surface area contributed by atoms with Crippen molar-refractivity contribution in [1.82, 2.24) is 4.90 Å². The summed E-state index contributed by atoms with van der Waals surface area (Å²) >= 11 is 1.68. The summed E-state index contributed by atoms with van der Waals surface area (Å²) in [6.45, 7) is 0.210. The molecule has 2 fully saturated rings. The second kappa shape index (κ2) is 7.23. The van der Waals surface area contributed by atoms with Gasteiger partial charge in [-0.2, -0.15) is 0 Å². The van der Waals surface area contributed by atoms with Gasteiger partial charge >= 0.3 is 5.97 Å². The van der Waals surface area contributed by atoms with Gasteiger partial charge in [-0.15, -0.1) is 11.8 Å². The molecule has 2 aliphatic rings. The Bertz CT molecular complexity index is 1080. The first-order chi connectivity index (χ1) is 14.2. The van der Waals surface area contributed by atoms with Crippen molar-refractivity contribution in [3.8, 4) is 0 Å². The number of thioether (sulfide) groups is 1. The van der Waals surface area contributed by atoms with Crippen LogP contribution in [-0.4, -0.2) is 28.6 Å². The Kier molecular flexibility index (Phi) is 4.55. The van der Waals surface area contributed by atoms with E-state index in [4.69, 9.17) is 4.74 Å². The zero-order valence-electron chi connectivity index (χ0n) is 15.9. The summed E-state index contributed by atoms with van der Waals surface area (Å²) in [7, 11) is 0. The van der Waals surface area contributed by atoms with Gasteiger partial charge in [0.25, 0.3) is 0 Å². The topological polar surface area (TPSA) is 46.6 Å². The molecule has 4 nitrogen and oxygen atoms in total. The van der Waals surface area contributed by atoms with Gasteiger partial charge in [-0.25, -0.2) is 4.79 Å². The average Bonchev–Trinajstić information content (AvgIpc) is 3.32. The Hall–Kier alpha value is -2.79. The number of esters is 1. The van der Waals surface area contributed by atoms with Crippen LogP contribution in [0.3, 0.4) is 0 Å². The Morgan fingerprint density at radius 1 is 1.03 bits per heavy atom. The molecule has 0 aliphatic carbocycles. The van der Waals surface area contributed by atoms with Crippen LogP contribution in [0.15, 0.2) is 72.8 Å². The lowest BCUT2D eigenvalue weighted by Gasteiger charge is -2.33. The van der Waals surface area contributed by atoms with Gasteiger partial charge < -0.3 is 9.64 Å². The number of amides is 1. The normalized spacial score (nSPS) is 23.4. The lowest BCUT2D eigenvalue weighted by Crippen LogP contribution is -2.46. The smallest absolute Gasteiger partial charge is 0.330 e. The summed E-state index contributed by atoms with van der Waals surface area (Å²) in [4.78, 5) is 27.0. The molecule has 1 amide bonds. The van der Waals surface area contributed by atoms with E-state index >= 15 is 0 Å². The Balaban J connectivity index is 1.37. The molecule has 0 radical (unpaired) electrons. The maximum atomic E-state index is 13.0. The molecule has 3 aromatic carbocycles. The molecule has 0 saturated carbocycles. The first-order valence-corrected chi connectivity index (χ1v) is 10.8.